The van der Waals surface area contributed by atoms with Gasteiger partial charge in [-0.25, -0.2) is 4.39 Å². The summed E-state index contributed by atoms with van der Waals surface area (Å²) in [7, 11) is 0. The highest BCUT2D eigenvalue weighted by molar-refractivity contribution is 5.79. The van der Waals surface area contributed by atoms with Gasteiger partial charge in [0.05, 0.1) is 0 Å². The molecule has 134 valence electrons. The smallest absolute Gasteiger partial charge is 0.167 e. The van der Waals surface area contributed by atoms with Crippen LogP contribution in [-0.2, 0) is 6.54 Å². The molecule has 1 saturated heterocycles. The van der Waals surface area contributed by atoms with Gasteiger partial charge in [0.15, 0.2) is 5.58 Å². The van der Waals surface area contributed by atoms with Crippen LogP contribution in [0.1, 0.15) is 11.3 Å². The summed E-state index contributed by atoms with van der Waals surface area (Å²) >= 11 is 0. The third kappa shape index (κ3) is 4.00. The van der Waals surface area contributed by atoms with Crippen LogP contribution < -0.4 is 0 Å². The van der Waals surface area contributed by atoms with Gasteiger partial charge in [-0.1, -0.05) is 47.6 Å². The molecule has 5 heteroatoms. The first-order valence-electron chi connectivity index (χ1n) is 8.98. The maximum Gasteiger partial charge on any atom is 0.167 e. The molecule has 0 atom stereocenters. The summed E-state index contributed by atoms with van der Waals surface area (Å²) < 4.78 is 18.8. The number of rotatable bonds is 5. The quantitative estimate of drug-likeness (QED) is 0.700. The lowest BCUT2D eigenvalue weighted by atomic mass is 10.2. The topological polar surface area (TPSA) is 32.5 Å². The molecule has 4 rings (SSSR count). The van der Waals surface area contributed by atoms with E-state index >= 15 is 0 Å². The summed E-state index contributed by atoms with van der Waals surface area (Å²) in [6, 6.07) is 14.9. The first-order valence-corrected chi connectivity index (χ1v) is 8.98. The van der Waals surface area contributed by atoms with Gasteiger partial charge < -0.3 is 4.52 Å². The number of halogens is 1. The summed E-state index contributed by atoms with van der Waals surface area (Å²) in [6.07, 6.45) is 4.39. The Labute approximate surface area is 152 Å². The van der Waals surface area contributed by atoms with E-state index in [-0.39, 0.29) is 5.82 Å². The van der Waals surface area contributed by atoms with Gasteiger partial charge >= 0.3 is 0 Å². The summed E-state index contributed by atoms with van der Waals surface area (Å²) in [5, 5.41) is 4.90. The number of piperazine rings is 1. The molecule has 0 aliphatic carbocycles. The van der Waals surface area contributed by atoms with Crippen LogP contribution in [0.15, 0.2) is 59.1 Å². The molecule has 0 saturated carbocycles. The molecule has 26 heavy (non-hydrogen) atoms. The summed E-state index contributed by atoms with van der Waals surface area (Å²) in [5.74, 6) is -0.253. The second-order valence-electron chi connectivity index (χ2n) is 6.66. The van der Waals surface area contributed by atoms with Gasteiger partial charge in [-0.2, -0.15) is 0 Å². The fourth-order valence-electron chi connectivity index (χ4n) is 3.32. The normalized spacial score (nSPS) is 16.7. The molecular formula is C21H22FN3O. The summed E-state index contributed by atoms with van der Waals surface area (Å²) in [4.78, 5) is 4.79. The van der Waals surface area contributed by atoms with Gasteiger partial charge in [0.2, 0.25) is 0 Å². The Morgan fingerprint density at radius 3 is 2.58 bits per heavy atom. The lowest BCUT2D eigenvalue weighted by molar-refractivity contribution is 0.135. The SMILES string of the molecule is Fc1ccc2onc(CN3CCN(C/C=C/c4ccccc4)CC3)c2c1. The maximum absolute atomic E-state index is 13.5. The Balaban J connectivity index is 1.29. The number of hydrogen-bond donors (Lipinski definition) is 0. The van der Waals surface area contributed by atoms with Gasteiger partial charge in [-0.05, 0) is 23.8 Å². The van der Waals surface area contributed by atoms with E-state index in [2.05, 4.69) is 51.4 Å². The van der Waals surface area contributed by atoms with Crippen LogP contribution in [0.5, 0.6) is 0 Å². The third-order valence-corrected chi connectivity index (χ3v) is 4.82. The molecule has 1 fully saturated rings. The van der Waals surface area contributed by atoms with E-state index in [1.165, 1.54) is 17.7 Å². The molecule has 0 bridgehead atoms. The minimum absolute atomic E-state index is 0.253. The Kier molecular flexibility index (Phi) is 5.09. The fraction of sp³-hybridized carbons (Fsp3) is 0.286. The number of nitrogens with zero attached hydrogens (tertiary/aromatic N) is 3. The monoisotopic (exact) mass is 351 g/mol. The van der Waals surface area contributed by atoms with E-state index in [0.29, 0.717) is 12.1 Å². The van der Waals surface area contributed by atoms with Crippen molar-refractivity contribution in [2.24, 2.45) is 0 Å². The Morgan fingerprint density at radius 1 is 1.00 bits per heavy atom. The lowest BCUT2D eigenvalue weighted by Gasteiger charge is -2.33. The first kappa shape index (κ1) is 16.9. The Morgan fingerprint density at radius 2 is 1.77 bits per heavy atom. The van der Waals surface area contributed by atoms with Crippen LogP contribution in [0.2, 0.25) is 0 Å². The number of hydrogen-bond acceptors (Lipinski definition) is 4. The highest BCUT2D eigenvalue weighted by Crippen LogP contribution is 2.21. The number of aromatic nitrogens is 1. The molecular weight excluding hydrogens is 329 g/mol. The highest BCUT2D eigenvalue weighted by atomic mass is 19.1. The molecule has 0 spiro atoms. The lowest BCUT2D eigenvalue weighted by Crippen LogP contribution is -2.45. The van der Waals surface area contributed by atoms with Crippen LogP contribution in [0.4, 0.5) is 4.39 Å². The van der Waals surface area contributed by atoms with Gasteiger partial charge in [-0.15, -0.1) is 0 Å². The zero-order valence-electron chi connectivity index (χ0n) is 14.6. The molecule has 0 N–H and O–H groups in total. The number of benzene rings is 2. The molecule has 2 aromatic carbocycles. The van der Waals surface area contributed by atoms with Crippen molar-refractivity contribution in [2.75, 3.05) is 32.7 Å². The molecule has 4 nitrogen and oxygen atoms in total. The highest BCUT2D eigenvalue weighted by Gasteiger charge is 2.18. The predicted octanol–water partition coefficient (Wildman–Crippen LogP) is 3.80. The van der Waals surface area contributed by atoms with Crippen molar-refractivity contribution in [3.8, 4) is 0 Å². The van der Waals surface area contributed by atoms with E-state index in [4.69, 9.17) is 4.52 Å². The van der Waals surface area contributed by atoms with Crippen LogP contribution in [-0.4, -0.2) is 47.7 Å². The minimum atomic E-state index is -0.253. The van der Waals surface area contributed by atoms with Crippen molar-refractivity contribution in [3.05, 3.63) is 71.7 Å². The van der Waals surface area contributed by atoms with Gasteiger partial charge in [0.1, 0.15) is 11.5 Å². The van der Waals surface area contributed by atoms with Crippen molar-refractivity contribution in [1.82, 2.24) is 15.0 Å². The van der Waals surface area contributed by atoms with E-state index in [9.17, 15) is 4.39 Å². The first-order chi connectivity index (χ1) is 12.8. The van der Waals surface area contributed by atoms with Crippen molar-refractivity contribution in [1.29, 1.82) is 0 Å². The second-order valence-corrected chi connectivity index (χ2v) is 6.66. The minimum Gasteiger partial charge on any atom is -0.356 e. The van der Waals surface area contributed by atoms with E-state index in [1.54, 1.807) is 6.07 Å². The van der Waals surface area contributed by atoms with Crippen LogP contribution in [0, 0.1) is 5.82 Å². The molecule has 1 aliphatic heterocycles. The zero-order valence-corrected chi connectivity index (χ0v) is 14.6. The fourth-order valence-corrected chi connectivity index (χ4v) is 3.32. The van der Waals surface area contributed by atoms with Crippen molar-refractivity contribution >= 4 is 17.0 Å². The zero-order chi connectivity index (χ0) is 17.8. The van der Waals surface area contributed by atoms with Crippen LogP contribution in [0.25, 0.3) is 17.0 Å². The molecule has 1 aliphatic rings. The molecule has 0 amide bonds. The van der Waals surface area contributed by atoms with E-state index < -0.39 is 0 Å². The summed E-state index contributed by atoms with van der Waals surface area (Å²) in [6.45, 7) is 5.64. The molecule has 2 heterocycles. The predicted molar refractivity (Wildman–Crippen MR) is 101 cm³/mol. The Bertz CT molecular complexity index is 883. The molecule has 1 aromatic heterocycles. The van der Waals surface area contributed by atoms with E-state index in [1.807, 2.05) is 6.07 Å². The van der Waals surface area contributed by atoms with Crippen molar-refractivity contribution in [2.45, 2.75) is 6.54 Å². The van der Waals surface area contributed by atoms with Gasteiger partial charge in [0.25, 0.3) is 0 Å². The summed E-state index contributed by atoms with van der Waals surface area (Å²) in [5.41, 5.74) is 2.69. The van der Waals surface area contributed by atoms with E-state index in [0.717, 1.165) is 43.8 Å². The molecule has 3 aromatic rings. The van der Waals surface area contributed by atoms with Gasteiger partial charge in [-0.3, -0.25) is 9.80 Å². The Hall–Kier alpha value is -2.50. The maximum atomic E-state index is 13.5. The standard InChI is InChI=1S/C21H22FN3O/c22-18-8-9-21-19(15-18)20(23-26-21)16-25-13-11-24(12-14-25)10-4-7-17-5-2-1-3-6-17/h1-9,15H,10-14,16H2/b7-4+. The largest absolute Gasteiger partial charge is 0.356 e. The molecule has 0 unspecified atom stereocenters. The average Bonchev–Trinajstić information content (AvgIpc) is 3.06. The van der Waals surface area contributed by atoms with Crippen LogP contribution >= 0.6 is 0 Å². The average molecular weight is 351 g/mol. The van der Waals surface area contributed by atoms with Crippen molar-refractivity contribution in [3.63, 3.8) is 0 Å². The van der Waals surface area contributed by atoms with Crippen LogP contribution in [0.3, 0.4) is 0 Å². The number of fused-ring (bicyclic) bond motifs is 1. The van der Waals surface area contributed by atoms with Crippen molar-refractivity contribution < 1.29 is 8.91 Å². The second kappa shape index (κ2) is 7.81. The third-order valence-electron chi connectivity index (χ3n) is 4.82. The van der Waals surface area contributed by atoms with Gasteiger partial charge in [0, 0.05) is 44.7 Å². The molecule has 0 radical (unpaired) electrons.